The normalized spacial score (nSPS) is 13.0. The van der Waals surface area contributed by atoms with Crippen molar-refractivity contribution >= 4 is 55.7 Å². The molecule has 0 radical (unpaired) electrons. The molecule has 55 heavy (non-hydrogen) atoms. The predicted octanol–water partition coefficient (Wildman–Crippen LogP) is 14.9. The highest BCUT2D eigenvalue weighted by atomic mass is 15.2. The molecule has 0 N–H and O–H groups in total. The molecule has 1 aliphatic rings. The van der Waals surface area contributed by atoms with Crippen molar-refractivity contribution in [2.24, 2.45) is 0 Å². The highest BCUT2D eigenvalue weighted by molar-refractivity contribution is 6.08. The van der Waals surface area contributed by atoms with E-state index in [0.29, 0.717) is 0 Å². The zero-order valence-electron chi connectivity index (χ0n) is 31.0. The molecule has 9 aromatic rings. The van der Waals surface area contributed by atoms with Gasteiger partial charge < -0.3 is 9.80 Å². The Morgan fingerprint density at radius 1 is 0.382 bits per heavy atom. The summed E-state index contributed by atoms with van der Waals surface area (Å²) in [6, 6.07) is 75.3. The molecule has 0 atom stereocenters. The number of hydrogen-bond donors (Lipinski definition) is 0. The average Bonchev–Trinajstić information content (AvgIpc) is 3.24. The maximum absolute atomic E-state index is 2.55. The smallest absolute Gasteiger partial charge is 0.0618 e. The molecular formula is C53H40N2. The van der Waals surface area contributed by atoms with E-state index >= 15 is 0 Å². The van der Waals surface area contributed by atoms with Crippen LogP contribution in [0.4, 0.5) is 34.1 Å². The van der Waals surface area contributed by atoms with Gasteiger partial charge in [-0.1, -0.05) is 172 Å². The molecule has 262 valence electrons. The minimum absolute atomic E-state index is 0.196. The van der Waals surface area contributed by atoms with Crippen LogP contribution in [0.5, 0.6) is 0 Å². The number of rotatable bonds is 6. The van der Waals surface area contributed by atoms with Gasteiger partial charge in [-0.2, -0.15) is 0 Å². The van der Waals surface area contributed by atoms with Crippen LogP contribution in [0.15, 0.2) is 206 Å². The molecule has 2 heteroatoms. The van der Waals surface area contributed by atoms with Gasteiger partial charge in [-0.05, 0) is 92.5 Å². The average molecular weight is 705 g/mol. The van der Waals surface area contributed by atoms with E-state index in [2.05, 4.69) is 230 Å². The predicted molar refractivity (Wildman–Crippen MR) is 234 cm³/mol. The zero-order valence-corrected chi connectivity index (χ0v) is 31.0. The van der Waals surface area contributed by atoms with E-state index in [0.717, 1.165) is 22.6 Å². The Bertz CT molecular complexity index is 2850. The second-order valence-electron chi connectivity index (χ2n) is 15.0. The van der Waals surface area contributed by atoms with Gasteiger partial charge in [0.25, 0.3) is 0 Å². The lowest BCUT2D eigenvalue weighted by Crippen LogP contribution is -2.31. The molecule has 0 fully saturated rings. The van der Waals surface area contributed by atoms with E-state index in [1.165, 1.54) is 66.4 Å². The van der Waals surface area contributed by atoms with E-state index in [1.54, 1.807) is 0 Å². The van der Waals surface area contributed by atoms with Gasteiger partial charge >= 0.3 is 0 Å². The van der Waals surface area contributed by atoms with Gasteiger partial charge in [0.2, 0.25) is 0 Å². The molecule has 0 spiro atoms. The van der Waals surface area contributed by atoms with Crippen molar-refractivity contribution in [3.05, 3.63) is 217 Å². The quantitative estimate of drug-likeness (QED) is 0.170. The van der Waals surface area contributed by atoms with Gasteiger partial charge in [-0.15, -0.1) is 0 Å². The minimum Gasteiger partial charge on any atom is -0.310 e. The van der Waals surface area contributed by atoms with Crippen molar-refractivity contribution < 1.29 is 0 Å². The van der Waals surface area contributed by atoms with Crippen molar-refractivity contribution in [3.63, 3.8) is 0 Å². The van der Waals surface area contributed by atoms with Crippen molar-refractivity contribution in [1.29, 1.82) is 0 Å². The maximum atomic E-state index is 2.55. The highest BCUT2D eigenvalue weighted by Crippen LogP contribution is 2.55. The summed E-state index contributed by atoms with van der Waals surface area (Å²) >= 11 is 0. The number of benzene rings is 9. The zero-order chi connectivity index (χ0) is 36.9. The van der Waals surface area contributed by atoms with E-state index < -0.39 is 0 Å². The van der Waals surface area contributed by atoms with Crippen molar-refractivity contribution in [2.45, 2.75) is 19.3 Å². The maximum Gasteiger partial charge on any atom is 0.0618 e. The van der Waals surface area contributed by atoms with Gasteiger partial charge in [-0.25, -0.2) is 0 Å². The summed E-state index contributed by atoms with van der Waals surface area (Å²) in [4.78, 5) is 4.92. The molecule has 0 amide bonds. The summed E-state index contributed by atoms with van der Waals surface area (Å²) in [5, 5.41) is 4.87. The summed E-state index contributed by atoms with van der Waals surface area (Å²) in [6.45, 7) is 4.73. The molecule has 9 aromatic carbocycles. The third-order valence-corrected chi connectivity index (χ3v) is 11.4. The Morgan fingerprint density at radius 2 is 1.00 bits per heavy atom. The van der Waals surface area contributed by atoms with Crippen LogP contribution in [0.2, 0.25) is 0 Å². The summed E-state index contributed by atoms with van der Waals surface area (Å²) in [6.07, 6.45) is 0. The molecular weight excluding hydrogens is 665 g/mol. The second-order valence-corrected chi connectivity index (χ2v) is 15.0. The van der Waals surface area contributed by atoms with E-state index in [1.807, 2.05) is 0 Å². The third-order valence-electron chi connectivity index (χ3n) is 11.4. The molecule has 0 aliphatic carbocycles. The Labute approximate surface area is 323 Å². The Kier molecular flexibility index (Phi) is 7.85. The molecule has 0 saturated heterocycles. The van der Waals surface area contributed by atoms with E-state index in [4.69, 9.17) is 0 Å². The topological polar surface area (TPSA) is 6.48 Å². The molecule has 10 rings (SSSR count). The number of nitrogens with zero attached hydrogens (tertiary/aromatic N) is 2. The number of fused-ring (bicyclic) bond motifs is 4. The summed E-state index contributed by atoms with van der Waals surface area (Å²) in [5.74, 6) is 0. The van der Waals surface area contributed by atoms with Gasteiger partial charge in [0, 0.05) is 33.4 Å². The second kappa shape index (κ2) is 13.2. The Morgan fingerprint density at radius 3 is 1.84 bits per heavy atom. The van der Waals surface area contributed by atoms with Crippen molar-refractivity contribution in [1.82, 2.24) is 0 Å². The molecule has 2 nitrogen and oxygen atoms in total. The lowest BCUT2D eigenvalue weighted by Gasteiger charge is -2.43. The fraction of sp³-hybridized carbons (Fsp3) is 0.0566. The Hall–Kier alpha value is -6.90. The molecule has 0 unspecified atom stereocenters. The van der Waals surface area contributed by atoms with E-state index in [9.17, 15) is 0 Å². The standard InChI is InChI=1S/C53H40N2/c1-53(2)48-26-13-14-27-50(48)55(51-36-41(30-33-49(51)53)37-16-5-3-6-17-37)52-46-25-12-11-19-39(46)29-32-47(52)42-21-15-24-44(35-42)54(43-22-7-4-8-23-43)45-31-28-38-18-9-10-20-40(38)34-45/h3-36H,1-2H3. The van der Waals surface area contributed by atoms with Crippen LogP contribution >= 0.6 is 0 Å². The summed E-state index contributed by atoms with van der Waals surface area (Å²) in [5.41, 5.74) is 14.1. The van der Waals surface area contributed by atoms with Crippen LogP contribution in [0.3, 0.4) is 0 Å². The molecule has 0 aromatic heterocycles. The molecule has 1 aliphatic heterocycles. The first-order chi connectivity index (χ1) is 27.0. The third kappa shape index (κ3) is 5.57. The minimum atomic E-state index is -0.196. The summed E-state index contributed by atoms with van der Waals surface area (Å²) in [7, 11) is 0. The lowest BCUT2D eigenvalue weighted by molar-refractivity contribution is 0.632. The lowest BCUT2D eigenvalue weighted by atomic mass is 9.73. The molecule has 0 bridgehead atoms. The summed E-state index contributed by atoms with van der Waals surface area (Å²) < 4.78 is 0. The number of anilines is 6. The number of hydrogen-bond acceptors (Lipinski definition) is 2. The van der Waals surface area contributed by atoms with Crippen molar-refractivity contribution in [3.8, 4) is 22.3 Å². The van der Waals surface area contributed by atoms with Crippen LogP contribution in [0, 0.1) is 0 Å². The van der Waals surface area contributed by atoms with Gasteiger partial charge in [0.15, 0.2) is 0 Å². The van der Waals surface area contributed by atoms with Gasteiger partial charge in [0.05, 0.1) is 17.1 Å². The van der Waals surface area contributed by atoms with E-state index in [-0.39, 0.29) is 5.41 Å². The van der Waals surface area contributed by atoms with Crippen LogP contribution in [-0.2, 0) is 5.41 Å². The Balaban J connectivity index is 1.22. The van der Waals surface area contributed by atoms with Crippen molar-refractivity contribution in [2.75, 3.05) is 9.80 Å². The van der Waals surface area contributed by atoms with Gasteiger partial charge in [0.1, 0.15) is 0 Å². The first-order valence-corrected chi connectivity index (χ1v) is 19.1. The monoisotopic (exact) mass is 704 g/mol. The fourth-order valence-corrected chi connectivity index (χ4v) is 8.65. The SMILES string of the molecule is CC1(C)c2ccccc2N(c2c(-c3cccc(N(c4ccccc4)c4ccc5ccccc5c4)c3)ccc3ccccc23)c2cc(-c3ccccc3)ccc21. The fourth-order valence-electron chi connectivity index (χ4n) is 8.65. The van der Waals surface area contributed by atoms with Crippen LogP contribution < -0.4 is 9.80 Å². The largest absolute Gasteiger partial charge is 0.310 e. The first kappa shape index (κ1) is 32.7. The first-order valence-electron chi connectivity index (χ1n) is 19.1. The number of para-hydroxylation sites is 2. The van der Waals surface area contributed by atoms with Crippen LogP contribution in [0.25, 0.3) is 43.8 Å². The molecule has 1 heterocycles. The van der Waals surface area contributed by atoms with Crippen LogP contribution in [0.1, 0.15) is 25.0 Å². The highest BCUT2D eigenvalue weighted by Gasteiger charge is 2.38. The molecule has 0 saturated carbocycles. The van der Waals surface area contributed by atoms with Crippen LogP contribution in [-0.4, -0.2) is 0 Å². The van der Waals surface area contributed by atoms with Gasteiger partial charge in [-0.3, -0.25) is 0 Å².